The molecule has 15 N–H and O–H groups in total. The maximum absolute atomic E-state index is 15.1. The van der Waals surface area contributed by atoms with Crippen molar-refractivity contribution in [3.8, 4) is 5.75 Å². The molecule has 1 aliphatic heterocycles. The van der Waals surface area contributed by atoms with E-state index >= 15 is 4.79 Å². The average molecular weight is 2000 g/mol. The smallest absolute Gasteiger partial charge is 0.407 e. The standard InChI is InChI=1S/C95H136N12O26S3.CO2/c1-9-25-86(120)132-57-107(91(124)69(59(5)10-2)50-79(112)75-30-21-23-41-106(75)8)76(58(3)4)52-81(133-61(7)108)90-104-74(56-134-90)89(123)101-67(46-64-33-35-68(109)36-34-64)44-60(6)80(113)54-100-95(130)131-42-43-135-136-55-66(92(125)126)49-78(111)73(51-85(118)119)103-88(122)70(96)53-99-87(121)65(45-62-26-16-14-17-27-62)48-77(110)72(47-63-28-18-15-19-29-63)102-83(115)31-20-12-11-13-22-39-97-82(114)38-37-71(93(127)128)105-94(129)98-40-24-32-84(116)117;2-1-3/h14-19,26-29,33-36,56,58-60,65-67,69-73,75-76,81,109H,9-13,20-25,30-32,37-55,57,96H2,1-8H3,(H,97,114)(H,99,121)(H,100,130)(H,101,123)(H,102,115)(H,103,122)(H,116,117)(H,118,119)(H,125,126)(H,127,128)(H2,98,105,129);/t59?,60-,65+,66+,67+,69-,70-,71-,72-,73-,75+,76+,81+;/m0./s1. The molecule has 766 valence electrons. The summed E-state index contributed by atoms with van der Waals surface area (Å²) >= 11 is 1.03. The fourth-order valence-corrected chi connectivity index (χ4v) is 18.3. The van der Waals surface area contributed by atoms with Gasteiger partial charge in [0, 0.05) is 125 Å². The van der Waals surface area contributed by atoms with Crippen LogP contribution in [-0.2, 0) is 115 Å². The number of aromatic hydroxyl groups is 1. The number of aliphatic carboxylic acids is 4. The molecule has 2 heterocycles. The third-order valence-corrected chi connectivity index (χ3v) is 26.6. The minimum absolute atomic E-state index is 0.0122. The number of hydrogen-bond acceptors (Lipinski definition) is 30. The number of likely N-dealkylation sites (tertiary alicyclic amines) is 1. The number of carboxylic acid groups (broad SMARTS) is 4. The number of ketones is 4. The highest BCUT2D eigenvalue weighted by Crippen LogP contribution is 2.35. The van der Waals surface area contributed by atoms with Crippen LogP contribution in [-0.4, -0.2) is 260 Å². The van der Waals surface area contributed by atoms with Crippen molar-refractivity contribution < 1.29 is 136 Å². The number of thiazole rings is 1. The number of amides is 9. The van der Waals surface area contributed by atoms with Gasteiger partial charge in [0.15, 0.2) is 36.0 Å². The zero-order valence-electron chi connectivity index (χ0n) is 80.1. The van der Waals surface area contributed by atoms with E-state index in [1.165, 1.54) is 29.3 Å². The number of phenols is 1. The quantitative estimate of drug-likeness (QED) is 0.00653. The second kappa shape index (κ2) is 65.7. The van der Waals surface area contributed by atoms with E-state index in [4.69, 9.17) is 34.6 Å². The monoisotopic (exact) mass is 2000 g/mol. The van der Waals surface area contributed by atoms with E-state index in [9.17, 15) is 102 Å². The first-order valence-corrected chi connectivity index (χ1v) is 50.1. The van der Waals surface area contributed by atoms with Gasteiger partial charge in [-0.15, -0.1) is 11.3 Å². The maximum Gasteiger partial charge on any atom is 0.407 e. The summed E-state index contributed by atoms with van der Waals surface area (Å²) in [6.07, 6.45) is 2.69. The lowest BCUT2D eigenvalue weighted by molar-refractivity contribution is -0.192. The number of unbranched alkanes of at least 4 members (excludes halogenated alkanes) is 4. The van der Waals surface area contributed by atoms with Gasteiger partial charge in [0.1, 0.15) is 35.1 Å². The van der Waals surface area contributed by atoms with Gasteiger partial charge in [-0.25, -0.2) is 19.4 Å². The number of carbonyl (C=O) groups is 18. The van der Waals surface area contributed by atoms with Crippen LogP contribution in [0.25, 0.3) is 0 Å². The first-order chi connectivity index (χ1) is 66.2. The van der Waals surface area contributed by atoms with E-state index in [-0.39, 0.29) is 160 Å². The number of rotatable bonds is 67. The molecular formula is C96H136N12O28S3. The van der Waals surface area contributed by atoms with Crippen molar-refractivity contribution in [1.29, 1.82) is 0 Å². The highest BCUT2D eigenvalue weighted by atomic mass is 33.1. The van der Waals surface area contributed by atoms with Gasteiger partial charge in [0.2, 0.25) is 29.5 Å². The van der Waals surface area contributed by atoms with E-state index in [2.05, 4.69) is 47.5 Å². The molecular weight excluding hydrogens is 1870 g/mol. The summed E-state index contributed by atoms with van der Waals surface area (Å²) in [4.78, 5) is 262. The minimum Gasteiger partial charge on any atom is -0.508 e. The number of alkyl carbamates (subject to hydrolysis) is 1. The van der Waals surface area contributed by atoms with Crippen LogP contribution in [0.4, 0.5) is 9.59 Å². The van der Waals surface area contributed by atoms with Gasteiger partial charge in [-0.3, -0.25) is 76.8 Å². The highest BCUT2D eigenvalue weighted by molar-refractivity contribution is 8.76. The second-order valence-corrected chi connectivity index (χ2v) is 38.2. The highest BCUT2D eigenvalue weighted by Gasteiger charge is 2.41. The third kappa shape index (κ3) is 47.4. The van der Waals surface area contributed by atoms with Crippen LogP contribution in [0.1, 0.15) is 228 Å². The number of nitrogens with two attached hydrogens (primary N) is 1. The molecule has 139 heavy (non-hydrogen) atoms. The van der Waals surface area contributed by atoms with Crippen LogP contribution >= 0.6 is 32.9 Å². The Kier molecular flexibility index (Phi) is 56.4. The van der Waals surface area contributed by atoms with Crippen LogP contribution in [0.15, 0.2) is 90.3 Å². The van der Waals surface area contributed by atoms with Gasteiger partial charge in [-0.2, -0.15) is 9.59 Å². The molecule has 1 aliphatic rings. The number of piperidine rings is 1. The largest absolute Gasteiger partial charge is 0.508 e. The summed E-state index contributed by atoms with van der Waals surface area (Å²) in [5, 5.41) is 70.6. The Bertz CT molecular complexity index is 4680. The predicted molar refractivity (Wildman–Crippen MR) is 513 cm³/mol. The fourth-order valence-electron chi connectivity index (χ4n) is 15.3. The zero-order valence-corrected chi connectivity index (χ0v) is 82.5. The molecule has 0 bridgehead atoms. The van der Waals surface area contributed by atoms with Crippen molar-refractivity contribution >= 4 is 146 Å². The van der Waals surface area contributed by atoms with E-state index in [1.807, 2.05) is 46.6 Å². The van der Waals surface area contributed by atoms with Crippen molar-refractivity contribution in [2.45, 2.75) is 257 Å². The summed E-state index contributed by atoms with van der Waals surface area (Å²) < 4.78 is 17.0. The number of ether oxygens (including phenoxy) is 3. The number of phenolic OH excluding ortho intramolecular Hbond substituents is 1. The number of aromatic nitrogens is 1. The van der Waals surface area contributed by atoms with Gasteiger partial charge in [-0.1, -0.05) is 168 Å². The Hall–Kier alpha value is -12.1. The molecule has 40 nitrogen and oxygen atoms in total. The third-order valence-electron chi connectivity index (χ3n) is 23.3. The summed E-state index contributed by atoms with van der Waals surface area (Å²) in [5.41, 5.74) is 8.25. The van der Waals surface area contributed by atoms with Gasteiger partial charge >= 0.3 is 54.1 Å². The maximum atomic E-state index is 15.1. The predicted octanol–water partition coefficient (Wildman–Crippen LogP) is 8.03. The molecule has 1 fully saturated rings. The summed E-state index contributed by atoms with van der Waals surface area (Å²) in [6.45, 7) is 11.6. The number of hydrogen-bond donors (Lipinski definition) is 14. The summed E-state index contributed by atoms with van der Waals surface area (Å²) in [6, 6.07) is 15.4. The molecule has 3 aromatic carbocycles. The van der Waals surface area contributed by atoms with Crippen molar-refractivity contribution in [3.05, 3.63) is 118 Å². The Morgan fingerprint density at radius 2 is 1.25 bits per heavy atom. The molecule has 0 saturated carbocycles. The van der Waals surface area contributed by atoms with Crippen LogP contribution < -0.4 is 48.3 Å². The minimum atomic E-state index is -1.77. The number of carboxylic acids is 4. The molecule has 5 rings (SSSR count). The second-order valence-electron chi connectivity index (χ2n) is 34.7. The Morgan fingerprint density at radius 1 is 0.619 bits per heavy atom. The van der Waals surface area contributed by atoms with Crippen molar-refractivity contribution in [3.63, 3.8) is 0 Å². The Labute approximate surface area is 820 Å². The van der Waals surface area contributed by atoms with Crippen LogP contribution in [0.2, 0.25) is 0 Å². The molecule has 43 heteroatoms. The SMILES string of the molecule is CCCC(=O)OCN(C(=O)[C@@H](CC(=O)[C@H]1CCCCN1C)C(C)CC)[C@H](C[C@@H](OC(C)=O)c1nc(C(=O)N[C@@H](Cc2ccc(O)cc2)C[C@H](C)C(=O)CNC(=O)OCCSSC[C@@H](CC(=O)[C@H](CC(=O)O)NC(=O)[C@@H](N)CNC(=O)[C@@H](CC(=O)[C@H](Cc2ccccc2)NC(=O)CCCCCCCNC(=O)CC[C@H](NC(=O)NCCCC(=O)O)C(=O)O)Cc2ccccc2)C(=O)O)cs1)C(C)C.O=C=O. The van der Waals surface area contributed by atoms with Crippen molar-refractivity contribution in [1.82, 2.24) is 57.3 Å². The number of urea groups is 1. The molecule has 13 atom stereocenters. The van der Waals surface area contributed by atoms with E-state index < -0.39 is 194 Å². The van der Waals surface area contributed by atoms with Crippen LogP contribution in [0, 0.1) is 35.5 Å². The number of nitrogens with zero attached hydrogens (tertiary/aromatic N) is 3. The fraction of sp³-hybridized carbons (Fsp3) is 0.583. The van der Waals surface area contributed by atoms with Gasteiger partial charge in [0.05, 0.1) is 37.0 Å². The lowest BCUT2D eigenvalue weighted by atomic mass is 9.82. The van der Waals surface area contributed by atoms with Crippen molar-refractivity contribution in [2.75, 3.05) is 64.6 Å². The van der Waals surface area contributed by atoms with Gasteiger partial charge in [0.25, 0.3) is 5.91 Å². The molecule has 1 aromatic heterocycles. The van der Waals surface area contributed by atoms with E-state index in [0.29, 0.717) is 74.6 Å². The number of esters is 2. The van der Waals surface area contributed by atoms with Gasteiger partial charge in [-0.05, 0) is 125 Å². The molecule has 0 aliphatic carbocycles. The number of carbonyl (C=O) groups excluding carboxylic acids is 16. The summed E-state index contributed by atoms with van der Waals surface area (Å²) in [7, 11) is 3.97. The Morgan fingerprint density at radius 3 is 1.87 bits per heavy atom. The van der Waals surface area contributed by atoms with Crippen LogP contribution in [0.5, 0.6) is 5.75 Å². The molecule has 9 amide bonds. The molecule has 1 unspecified atom stereocenters. The number of benzene rings is 3. The van der Waals surface area contributed by atoms with E-state index in [0.717, 1.165) is 52.3 Å². The Balaban J connectivity index is 0.0000133. The molecule has 4 aromatic rings. The zero-order chi connectivity index (χ0) is 103. The summed E-state index contributed by atoms with van der Waals surface area (Å²) in [5.74, 6) is -16.9. The first-order valence-electron chi connectivity index (χ1n) is 46.7. The van der Waals surface area contributed by atoms with E-state index in [1.54, 1.807) is 79.7 Å². The molecule has 0 spiro atoms. The first kappa shape index (κ1) is 119. The van der Waals surface area contributed by atoms with Crippen LogP contribution in [0.3, 0.4) is 0 Å². The number of Topliss-reactive ketones (excluding diaryl/α,β-unsaturated/α-hetero) is 4. The van der Waals surface area contributed by atoms with Gasteiger partial charge < -0.3 is 92.9 Å². The molecule has 0 radical (unpaired) electrons. The number of likely N-dealkylation sites (N-methyl/N-ethyl adjacent to an activating group) is 1. The lowest BCUT2D eigenvalue weighted by Gasteiger charge is -2.39. The normalized spacial score (nSPS) is 14.9. The lowest BCUT2D eigenvalue weighted by Crippen LogP contribution is -2.53. The average Bonchev–Trinajstić information content (AvgIpc) is 1.78. The topological polar surface area (TPSA) is 612 Å². The molecule has 1 saturated heterocycles. The van der Waals surface area contributed by atoms with Crippen molar-refractivity contribution in [2.24, 2.45) is 41.2 Å². The number of nitrogens with one attached hydrogen (secondary N) is 8.